The van der Waals surface area contributed by atoms with Crippen LogP contribution in [-0.2, 0) is 9.31 Å². The van der Waals surface area contributed by atoms with Crippen molar-refractivity contribution in [1.29, 1.82) is 0 Å². The molecule has 7 rings (SSSR count). The molecular weight excluding hydrogens is 483 g/mol. The molecule has 0 amide bonds. The second-order valence-electron chi connectivity index (χ2n) is 10.4. The minimum absolute atomic E-state index is 0.0853. The lowest BCUT2D eigenvalue weighted by Gasteiger charge is -2.32. The Bertz CT molecular complexity index is 2420. The molecule has 186 valence electrons. The molecule has 0 unspecified atom stereocenters. The first-order valence-corrected chi connectivity index (χ1v) is 13.1. The number of rotatable bonds is 3. The largest absolute Gasteiger partial charge is 0.494 e. The molecule has 0 spiro atoms. The summed E-state index contributed by atoms with van der Waals surface area (Å²) in [5.41, 5.74) is 0.0704. The number of benzene rings is 5. The van der Waals surface area contributed by atoms with Gasteiger partial charge in [0.15, 0.2) is 0 Å². The van der Waals surface area contributed by atoms with E-state index in [1.54, 1.807) is 36.4 Å². The van der Waals surface area contributed by atoms with E-state index in [2.05, 4.69) is 0 Å². The molecule has 1 fully saturated rings. The lowest BCUT2D eigenvalue weighted by molar-refractivity contribution is 0.00578. The number of hydrogen-bond donors (Lipinski definition) is 0. The number of fused-ring (bicyclic) bond motifs is 4. The molecule has 1 aliphatic heterocycles. The van der Waals surface area contributed by atoms with Crippen LogP contribution in [0.5, 0.6) is 0 Å². The van der Waals surface area contributed by atoms with Crippen LogP contribution in [0.4, 0.5) is 0 Å². The van der Waals surface area contributed by atoms with Crippen LogP contribution in [0.25, 0.3) is 53.2 Å². The Morgan fingerprint density at radius 1 is 0.684 bits per heavy atom. The predicted octanol–water partition coefficient (Wildman–Crippen LogP) is 8.84. The molecule has 2 heterocycles. The molecule has 1 saturated heterocycles. The third-order valence-electron chi connectivity index (χ3n) is 7.50. The molecule has 1 aliphatic rings. The van der Waals surface area contributed by atoms with Gasteiger partial charge in [-0.15, -0.1) is 11.3 Å². The fraction of sp³-hybridized carbons (Fsp3) is 0.176. The summed E-state index contributed by atoms with van der Waals surface area (Å²) >= 11 is 1.02. The number of thiophene rings is 1. The van der Waals surface area contributed by atoms with Crippen LogP contribution in [-0.4, -0.2) is 18.3 Å². The number of hydrogen-bond acceptors (Lipinski definition) is 3. The molecule has 2 nitrogen and oxygen atoms in total. The van der Waals surface area contributed by atoms with Gasteiger partial charge < -0.3 is 9.31 Å². The van der Waals surface area contributed by atoms with Gasteiger partial charge in [-0.25, -0.2) is 0 Å². The summed E-state index contributed by atoms with van der Waals surface area (Å²) in [5, 5.41) is 1.97. The van der Waals surface area contributed by atoms with Crippen molar-refractivity contribution in [2.45, 2.75) is 38.9 Å². The highest BCUT2D eigenvalue weighted by Gasteiger charge is 2.51. The first kappa shape index (κ1) is 14.6. The van der Waals surface area contributed by atoms with Crippen LogP contribution in [0.15, 0.2) is 103 Å². The minimum atomic E-state index is -1.06. The van der Waals surface area contributed by atoms with E-state index in [4.69, 9.17) is 24.4 Å². The van der Waals surface area contributed by atoms with E-state index in [1.165, 1.54) is 0 Å². The van der Waals surface area contributed by atoms with E-state index in [1.807, 2.05) is 27.7 Å². The van der Waals surface area contributed by atoms with Gasteiger partial charge >= 0.3 is 7.12 Å². The van der Waals surface area contributed by atoms with Crippen LogP contribution in [0.3, 0.4) is 0 Å². The molecule has 0 atom stereocenters. The van der Waals surface area contributed by atoms with Gasteiger partial charge in [0.2, 0.25) is 0 Å². The molecule has 5 aromatic carbocycles. The van der Waals surface area contributed by atoms with Crippen molar-refractivity contribution < 1.29 is 24.4 Å². The normalized spacial score (nSPS) is 20.6. The quantitative estimate of drug-likeness (QED) is 0.216. The second-order valence-corrected chi connectivity index (χ2v) is 11.4. The summed E-state index contributed by atoms with van der Waals surface area (Å²) in [6.45, 7) is 7.44. The predicted molar refractivity (Wildman–Crippen MR) is 163 cm³/mol. The van der Waals surface area contributed by atoms with Gasteiger partial charge in [0.25, 0.3) is 0 Å². The second kappa shape index (κ2) is 8.54. The van der Waals surface area contributed by atoms with Crippen molar-refractivity contribution in [3.8, 4) is 22.3 Å². The van der Waals surface area contributed by atoms with Crippen LogP contribution in [0.2, 0.25) is 0 Å². The molecule has 0 radical (unpaired) electrons. The maximum absolute atomic E-state index is 9.10. The highest BCUT2D eigenvalue weighted by molar-refractivity contribution is 7.25. The fourth-order valence-electron chi connectivity index (χ4n) is 4.71. The Kier molecular flexibility index (Phi) is 3.29. The van der Waals surface area contributed by atoms with Gasteiger partial charge in [0.1, 0.15) is 0 Å². The van der Waals surface area contributed by atoms with Crippen LogP contribution in [0, 0.1) is 0 Å². The summed E-state index contributed by atoms with van der Waals surface area (Å²) in [4.78, 5) is 0. The average molecular weight is 524 g/mol. The van der Waals surface area contributed by atoms with E-state index in [9.17, 15) is 0 Å². The van der Waals surface area contributed by atoms with Gasteiger partial charge in [0.05, 0.1) is 26.3 Å². The fourth-order valence-corrected chi connectivity index (χ4v) is 5.68. The van der Waals surface area contributed by atoms with E-state index >= 15 is 0 Å². The Balaban J connectivity index is 1.41. The molecule has 0 aliphatic carbocycles. The standard InChI is InChI=1S/C34H29BO2S/c1-33(2)34(3,4)37-35(36-33)27-10-7-9-22(21-27)23-15-16-25-20-26(18-17-24(25)19-23)28-12-8-14-31-32(28)29-11-5-6-13-30(29)38-31/h5-21H,1-4H3/i5D,6D,7D,8D,9D,10D,11D,12D,13D,14D,21D. The molecule has 4 heteroatoms. The monoisotopic (exact) mass is 523 g/mol. The Morgan fingerprint density at radius 3 is 2.13 bits per heavy atom. The maximum atomic E-state index is 9.10. The first-order valence-electron chi connectivity index (χ1n) is 17.8. The minimum Gasteiger partial charge on any atom is -0.399 e. The van der Waals surface area contributed by atoms with E-state index in [0.717, 1.165) is 11.3 Å². The van der Waals surface area contributed by atoms with Gasteiger partial charge in [-0.3, -0.25) is 0 Å². The van der Waals surface area contributed by atoms with Crippen LogP contribution < -0.4 is 5.46 Å². The molecule has 1 aromatic heterocycles. The maximum Gasteiger partial charge on any atom is 0.494 e. The van der Waals surface area contributed by atoms with Crippen LogP contribution in [0.1, 0.15) is 42.8 Å². The summed E-state index contributed by atoms with van der Waals surface area (Å²) in [6, 6.07) is 7.49. The first-order chi connectivity index (χ1) is 22.9. The molecule has 0 bridgehead atoms. The summed E-state index contributed by atoms with van der Waals surface area (Å²) in [6.07, 6.45) is 0. The highest BCUT2D eigenvalue weighted by Crippen LogP contribution is 2.41. The SMILES string of the molecule is [2H]c1c([2H])c(B2OC(C)(C)C(C)(C)O2)c([2H])c(-c2ccc3cc(-c4c([2H])c([2H])c([2H])c5sc6c([2H])c([2H])c([2H])c([2H])c6c45)ccc3c2)c1[2H]. The Morgan fingerprint density at radius 2 is 1.34 bits per heavy atom. The zero-order valence-corrected chi connectivity index (χ0v) is 22.1. The van der Waals surface area contributed by atoms with Crippen molar-refractivity contribution in [2.75, 3.05) is 0 Å². The summed E-state index contributed by atoms with van der Waals surface area (Å²) < 4.78 is 107. The zero-order valence-electron chi connectivity index (χ0n) is 32.3. The van der Waals surface area contributed by atoms with Crippen molar-refractivity contribution in [2.24, 2.45) is 0 Å². The van der Waals surface area contributed by atoms with E-state index in [0.29, 0.717) is 32.0 Å². The lowest BCUT2D eigenvalue weighted by Crippen LogP contribution is -2.41. The van der Waals surface area contributed by atoms with E-state index < -0.39 is 24.4 Å². The summed E-state index contributed by atoms with van der Waals surface area (Å²) in [7, 11) is -1.06. The highest BCUT2D eigenvalue weighted by atomic mass is 32.1. The van der Waals surface area contributed by atoms with Gasteiger partial charge in [-0.1, -0.05) is 78.6 Å². The molecular formula is C34H29BO2S. The van der Waals surface area contributed by atoms with E-state index in [-0.39, 0.29) is 87.1 Å². The smallest absolute Gasteiger partial charge is 0.399 e. The van der Waals surface area contributed by atoms with Gasteiger partial charge in [-0.05, 0) is 90.4 Å². The van der Waals surface area contributed by atoms with Gasteiger partial charge in [0, 0.05) is 20.2 Å². The van der Waals surface area contributed by atoms with Crippen molar-refractivity contribution in [3.05, 3.63) is 103 Å². The van der Waals surface area contributed by atoms with Gasteiger partial charge in [-0.2, -0.15) is 0 Å². The van der Waals surface area contributed by atoms with Crippen LogP contribution >= 0.6 is 11.3 Å². The topological polar surface area (TPSA) is 18.5 Å². The Labute approximate surface area is 243 Å². The van der Waals surface area contributed by atoms with Crippen molar-refractivity contribution in [3.63, 3.8) is 0 Å². The van der Waals surface area contributed by atoms with Crippen molar-refractivity contribution in [1.82, 2.24) is 0 Å². The lowest BCUT2D eigenvalue weighted by atomic mass is 9.78. The third-order valence-corrected chi connectivity index (χ3v) is 8.52. The van der Waals surface area contributed by atoms with Crippen molar-refractivity contribution >= 4 is 54.9 Å². The molecule has 6 aromatic rings. The molecule has 0 N–H and O–H groups in total. The Hall–Kier alpha value is -3.44. The third kappa shape index (κ3) is 3.79. The zero-order chi connectivity index (χ0) is 35.6. The summed E-state index contributed by atoms with van der Waals surface area (Å²) in [5.74, 6) is 0. The molecule has 0 saturated carbocycles. The average Bonchev–Trinajstić information content (AvgIpc) is 3.54. The molecule has 38 heavy (non-hydrogen) atoms.